The number of phosphoric acid groups is 1. The van der Waals surface area contributed by atoms with Gasteiger partial charge in [-0.2, -0.15) is 0 Å². The van der Waals surface area contributed by atoms with E-state index in [0.717, 1.165) is 6.42 Å². The number of aromatic nitrogens is 3. The van der Waals surface area contributed by atoms with Crippen LogP contribution in [-0.4, -0.2) is 69.4 Å². The van der Waals surface area contributed by atoms with E-state index in [9.17, 15) is 9.67 Å². The Morgan fingerprint density at radius 3 is 2.27 bits per heavy atom. The second-order valence-corrected chi connectivity index (χ2v) is 14.1. The highest BCUT2D eigenvalue weighted by atomic mass is 32.1. The van der Waals surface area contributed by atoms with Gasteiger partial charge in [0.2, 0.25) is 0 Å². The molecule has 5 N–H and O–H groups in total. The number of thiocarbonyl (C=S) groups is 1. The van der Waals surface area contributed by atoms with E-state index in [1.54, 1.807) is 10.8 Å². The highest BCUT2D eigenvalue weighted by molar-refractivity contribution is 7.80. The highest BCUT2D eigenvalue weighted by Crippen LogP contribution is 2.56. The van der Waals surface area contributed by atoms with Gasteiger partial charge in [0.05, 0.1) is 18.6 Å². The number of rotatable bonds is 22. The van der Waals surface area contributed by atoms with Crippen molar-refractivity contribution in [3.05, 3.63) is 18.1 Å². The zero-order valence-electron chi connectivity index (χ0n) is 26.6. The van der Waals surface area contributed by atoms with Crippen molar-refractivity contribution in [1.29, 1.82) is 0 Å². The number of fused-ring (bicyclic) bond motifs is 2. The number of aliphatic hydroxyl groups excluding tert-OH is 1. The van der Waals surface area contributed by atoms with E-state index < -0.39 is 32.4 Å². The second-order valence-electron chi connectivity index (χ2n) is 12.0. The van der Waals surface area contributed by atoms with Gasteiger partial charge in [0, 0.05) is 25.0 Å². The van der Waals surface area contributed by atoms with Gasteiger partial charge in [0.15, 0.2) is 6.23 Å². The monoisotopic (exact) mass is 669 g/mol. The maximum Gasteiger partial charge on any atom is 0.475 e. The molecule has 4 heterocycles. The summed E-state index contributed by atoms with van der Waals surface area (Å²) in [5.74, 6) is 0.201. The number of anilines is 1. The third kappa shape index (κ3) is 10.4. The van der Waals surface area contributed by atoms with Gasteiger partial charge in [-0.05, 0) is 12.8 Å². The first-order valence-corrected chi connectivity index (χ1v) is 18.6. The quantitative estimate of drug-likeness (QED) is 0.0725. The van der Waals surface area contributed by atoms with Crippen LogP contribution in [0.25, 0.3) is 11.0 Å². The summed E-state index contributed by atoms with van der Waals surface area (Å²) < 4.78 is 43.1. The number of ether oxygens (including phenoxy) is 2. The van der Waals surface area contributed by atoms with Gasteiger partial charge in [-0.15, -0.1) is 0 Å². The molecule has 2 aliphatic rings. The predicted molar refractivity (Wildman–Crippen MR) is 178 cm³/mol. The van der Waals surface area contributed by atoms with Crippen molar-refractivity contribution in [2.75, 3.05) is 32.2 Å². The third-order valence-electron chi connectivity index (χ3n) is 8.46. The Morgan fingerprint density at radius 1 is 1.00 bits per heavy atom. The maximum atomic E-state index is 13.1. The van der Waals surface area contributed by atoms with Crippen molar-refractivity contribution >= 4 is 41.9 Å². The molecule has 254 valence electrons. The van der Waals surface area contributed by atoms with Crippen molar-refractivity contribution in [2.45, 2.75) is 128 Å². The van der Waals surface area contributed by atoms with Crippen molar-refractivity contribution in [2.24, 2.45) is 5.73 Å². The van der Waals surface area contributed by atoms with E-state index in [0.29, 0.717) is 36.2 Å². The van der Waals surface area contributed by atoms with Gasteiger partial charge >= 0.3 is 7.82 Å². The van der Waals surface area contributed by atoms with E-state index >= 15 is 0 Å². The Hall–Kier alpha value is -1.70. The fraction of sp³-hybridized carbons (Fsp3) is 0.774. The number of nitrogens with zero attached hydrogens (tertiary/aromatic N) is 3. The summed E-state index contributed by atoms with van der Waals surface area (Å²) >= 11 is 5.16. The molecule has 0 spiro atoms. The van der Waals surface area contributed by atoms with Crippen LogP contribution in [0.3, 0.4) is 0 Å². The van der Waals surface area contributed by atoms with E-state index in [4.69, 9.17) is 46.7 Å². The van der Waals surface area contributed by atoms with E-state index in [2.05, 4.69) is 16.9 Å². The zero-order valence-corrected chi connectivity index (χ0v) is 28.4. The summed E-state index contributed by atoms with van der Waals surface area (Å²) in [6, 6.07) is 0. The molecule has 1 unspecified atom stereocenters. The molecule has 0 saturated carbocycles. The molecule has 2 aromatic heterocycles. The smallest absolute Gasteiger partial charge is 0.389 e. The van der Waals surface area contributed by atoms with Crippen molar-refractivity contribution < 1.29 is 32.7 Å². The molecule has 2 aromatic rings. The second kappa shape index (κ2) is 18.6. The fourth-order valence-corrected chi connectivity index (χ4v) is 7.54. The van der Waals surface area contributed by atoms with Gasteiger partial charge in [-0.1, -0.05) is 103 Å². The maximum absolute atomic E-state index is 13.1. The molecule has 2 fully saturated rings. The Labute approximate surface area is 272 Å². The lowest BCUT2D eigenvalue weighted by atomic mass is 10.0. The van der Waals surface area contributed by atoms with Crippen LogP contribution in [0.15, 0.2) is 12.5 Å². The van der Waals surface area contributed by atoms with Crippen molar-refractivity contribution in [3.8, 4) is 0 Å². The first-order chi connectivity index (χ1) is 21.8. The van der Waals surface area contributed by atoms with Crippen molar-refractivity contribution in [1.82, 2.24) is 14.5 Å². The Bertz CT molecular complexity index is 1250. The van der Waals surface area contributed by atoms with Crippen LogP contribution < -0.4 is 11.5 Å². The molecule has 5 atom stereocenters. The molecule has 0 radical (unpaired) electrons. The Kier molecular flexibility index (Phi) is 14.9. The number of aliphatic hydroxyl groups is 1. The summed E-state index contributed by atoms with van der Waals surface area (Å²) in [5, 5.41) is 11.6. The minimum atomic E-state index is -3.89. The van der Waals surface area contributed by atoms with Crippen LogP contribution in [0.1, 0.15) is 115 Å². The lowest BCUT2D eigenvalue weighted by molar-refractivity contribution is -0.0709. The summed E-state index contributed by atoms with van der Waals surface area (Å²) in [5.41, 5.74) is 12.8. The Morgan fingerprint density at radius 2 is 1.62 bits per heavy atom. The molecule has 0 amide bonds. The van der Waals surface area contributed by atoms with Crippen LogP contribution in [0.2, 0.25) is 0 Å². The fourth-order valence-electron chi connectivity index (χ4n) is 5.95. The van der Waals surface area contributed by atoms with Crippen LogP contribution in [0, 0.1) is 0 Å². The number of nitrogens with two attached hydrogens (primary N) is 2. The number of hydrogen-bond donors (Lipinski definition) is 3. The minimum Gasteiger partial charge on any atom is -0.389 e. The Balaban J connectivity index is 1.06. The van der Waals surface area contributed by atoms with Gasteiger partial charge in [0.1, 0.15) is 41.1 Å². The lowest BCUT2D eigenvalue weighted by Crippen LogP contribution is -2.39. The molecular weight excluding hydrogens is 617 g/mol. The highest BCUT2D eigenvalue weighted by Gasteiger charge is 2.53. The summed E-state index contributed by atoms with van der Waals surface area (Å²) in [6.07, 6.45) is 18.3. The van der Waals surface area contributed by atoms with Crippen LogP contribution in [0.4, 0.5) is 5.82 Å². The summed E-state index contributed by atoms with van der Waals surface area (Å²) in [4.78, 5) is 8.40. The topological polar surface area (TPSA) is 166 Å². The molecule has 0 bridgehead atoms. The molecule has 4 rings (SSSR count). The lowest BCUT2D eigenvalue weighted by Gasteiger charge is -2.30. The SMILES string of the molecule is CCCCCCCCCCCCCCCCOCCCOP1(=O)OC[C@H]2O[C@@H](n3cc(C(N)=S)c4c(N)ncnc43)[C@H](O)[C@@H]2O1. The summed E-state index contributed by atoms with van der Waals surface area (Å²) in [6.45, 7) is 3.54. The molecule has 2 aliphatic heterocycles. The molecule has 0 aliphatic carbocycles. The summed E-state index contributed by atoms with van der Waals surface area (Å²) in [7, 11) is -3.89. The number of unbranched alkanes of at least 4 members (excludes halogenated alkanes) is 13. The largest absolute Gasteiger partial charge is 0.475 e. The van der Waals surface area contributed by atoms with E-state index in [-0.39, 0.29) is 24.0 Å². The van der Waals surface area contributed by atoms with Crippen LogP contribution in [-0.2, 0) is 27.6 Å². The molecule has 12 nitrogen and oxygen atoms in total. The van der Waals surface area contributed by atoms with E-state index in [1.165, 1.54) is 89.8 Å². The molecular formula is C31H52N5O7PS. The molecule has 2 saturated heterocycles. The van der Waals surface area contributed by atoms with Crippen molar-refractivity contribution in [3.63, 3.8) is 0 Å². The normalized spacial score (nSPS) is 24.8. The number of nitrogen functional groups attached to an aromatic ring is 1. The molecule has 45 heavy (non-hydrogen) atoms. The van der Waals surface area contributed by atoms with Gasteiger partial charge in [-0.25, -0.2) is 14.5 Å². The van der Waals surface area contributed by atoms with E-state index in [1.807, 2.05) is 0 Å². The van der Waals surface area contributed by atoms with Gasteiger partial charge < -0.3 is 30.6 Å². The van der Waals surface area contributed by atoms with Gasteiger partial charge in [0.25, 0.3) is 0 Å². The standard InChI is InChI=1S/C31H52N5O7PS/c1-2-3-4-5-6-7-8-9-10-11-12-13-14-15-17-39-18-16-19-40-44(38)41-21-24-27(43-44)26(37)31(42-24)36-20-23(29(33)45)25-28(32)34-22-35-30(25)36/h20,22,24,26-27,31,37H,2-19,21H2,1H3,(H2,33,45)(H2,32,34,35)/t24-,26-,27-,31-,44?/m1/s1. The average molecular weight is 670 g/mol. The van der Waals surface area contributed by atoms with Gasteiger partial charge in [-0.3, -0.25) is 13.6 Å². The third-order valence-corrected chi connectivity index (χ3v) is 10.1. The number of phosphoric ester groups is 1. The first-order valence-electron chi connectivity index (χ1n) is 16.7. The first kappa shape index (κ1) is 36.1. The predicted octanol–water partition coefficient (Wildman–Crippen LogP) is 6.33. The van der Waals surface area contributed by atoms with Crippen LogP contribution >= 0.6 is 20.0 Å². The van der Waals surface area contributed by atoms with Crippen LogP contribution in [0.5, 0.6) is 0 Å². The zero-order chi connectivity index (χ0) is 32.1. The minimum absolute atomic E-state index is 0.0659. The molecule has 14 heteroatoms. The molecule has 0 aromatic carbocycles. The average Bonchev–Trinajstić information content (AvgIpc) is 3.56. The number of hydrogen-bond acceptors (Lipinski definition) is 11.